The van der Waals surface area contributed by atoms with Crippen LogP contribution in [0.5, 0.6) is 5.75 Å². The number of rotatable bonds is 5. The number of hydrogen-bond donors (Lipinski definition) is 0. The molecule has 19 heavy (non-hydrogen) atoms. The van der Waals surface area contributed by atoms with Crippen LogP contribution in [0.4, 0.5) is 0 Å². The van der Waals surface area contributed by atoms with Crippen LogP contribution in [0.1, 0.15) is 11.1 Å². The minimum absolute atomic E-state index is 0.481. The van der Waals surface area contributed by atoms with Gasteiger partial charge < -0.3 is 4.74 Å². The summed E-state index contributed by atoms with van der Waals surface area (Å²) in [5.41, 5.74) is 1.71. The Hall–Kier alpha value is -1.13. The Kier molecular flexibility index (Phi) is 5.16. The van der Waals surface area contributed by atoms with Gasteiger partial charge in [-0.1, -0.05) is 30.3 Å². The van der Waals surface area contributed by atoms with Gasteiger partial charge in [0.05, 0.1) is 15.6 Å². The first-order valence-corrected chi connectivity index (χ1v) is 7.33. The highest BCUT2D eigenvalue weighted by Crippen LogP contribution is 2.34. The largest absolute Gasteiger partial charge is 0.491 e. The second-order valence-electron chi connectivity index (χ2n) is 3.96. The van der Waals surface area contributed by atoms with Gasteiger partial charge in [-0.2, -0.15) is 0 Å². The summed E-state index contributed by atoms with van der Waals surface area (Å²) in [5.74, 6) is 0.704. The van der Waals surface area contributed by atoms with Gasteiger partial charge in [-0.15, -0.1) is 0 Å². The average Bonchev–Trinajstić information content (AvgIpc) is 2.42. The molecule has 0 aliphatic heterocycles. The van der Waals surface area contributed by atoms with E-state index < -0.39 is 0 Å². The molecule has 0 N–H and O–H groups in total. The van der Waals surface area contributed by atoms with E-state index in [4.69, 9.17) is 4.74 Å². The fourth-order valence-electron chi connectivity index (χ4n) is 1.67. The maximum Gasteiger partial charge on any atom is 0.233 e. The lowest BCUT2D eigenvalue weighted by atomic mass is 10.2. The summed E-state index contributed by atoms with van der Waals surface area (Å²) in [6, 6.07) is 13.5. The zero-order chi connectivity index (χ0) is 13.7. The Bertz CT molecular complexity index is 545. The number of carbonyl (C=O) groups excluding carboxylic acids is 1. The van der Waals surface area contributed by atoms with Crippen LogP contribution in [-0.4, -0.2) is 12.9 Å². The summed E-state index contributed by atoms with van der Waals surface area (Å²) in [6.07, 6.45) is 2.69. The Morgan fingerprint density at radius 1 is 1.05 bits per heavy atom. The molecule has 2 aromatic carbocycles. The predicted molar refractivity (Wildman–Crippen MR) is 82.3 cm³/mol. The van der Waals surface area contributed by atoms with Crippen molar-refractivity contribution in [2.45, 2.75) is 6.42 Å². The van der Waals surface area contributed by atoms with Crippen molar-refractivity contribution in [3.8, 4) is 5.75 Å². The highest BCUT2D eigenvalue weighted by atomic mass is 79.9. The number of hydrogen-bond acceptors (Lipinski definition) is 2. The minimum Gasteiger partial charge on any atom is -0.491 e. The molecule has 0 unspecified atom stereocenters. The van der Waals surface area contributed by atoms with Crippen LogP contribution < -0.4 is 4.74 Å². The van der Waals surface area contributed by atoms with Crippen molar-refractivity contribution in [1.82, 2.24) is 0 Å². The van der Waals surface area contributed by atoms with E-state index >= 15 is 0 Å². The van der Waals surface area contributed by atoms with Crippen LogP contribution in [-0.2, 0) is 11.2 Å². The van der Waals surface area contributed by atoms with Gasteiger partial charge in [-0.25, -0.2) is 0 Å². The first kappa shape index (κ1) is 14.3. The summed E-state index contributed by atoms with van der Waals surface area (Å²) in [4.78, 5) is 10.6. The Balaban J connectivity index is 2.02. The molecule has 0 fully saturated rings. The third kappa shape index (κ3) is 3.91. The van der Waals surface area contributed by atoms with E-state index in [2.05, 4.69) is 44.0 Å². The van der Waals surface area contributed by atoms with Crippen molar-refractivity contribution < 1.29 is 9.53 Å². The van der Waals surface area contributed by atoms with Crippen LogP contribution in [0, 0.1) is 0 Å². The summed E-state index contributed by atoms with van der Waals surface area (Å²) >= 11 is 6.78. The van der Waals surface area contributed by atoms with Gasteiger partial charge in [0.25, 0.3) is 0 Å². The van der Waals surface area contributed by atoms with Crippen molar-refractivity contribution in [2.24, 2.45) is 0 Å². The van der Waals surface area contributed by atoms with Crippen molar-refractivity contribution in [3.05, 3.63) is 62.5 Å². The third-order valence-electron chi connectivity index (χ3n) is 2.60. The molecule has 0 aliphatic carbocycles. The van der Waals surface area contributed by atoms with Gasteiger partial charge in [0.1, 0.15) is 5.75 Å². The van der Waals surface area contributed by atoms with E-state index in [1.54, 1.807) is 12.1 Å². The predicted octanol–water partition coefficient (Wildman–Crippen LogP) is 4.29. The molecule has 2 rings (SSSR count). The van der Waals surface area contributed by atoms with E-state index in [9.17, 15) is 4.79 Å². The molecule has 0 heterocycles. The molecule has 0 bridgehead atoms. The quantitative estimate of drug-likeness (QED) is 0.770. The fourth-order valence-corrected chi connectivity index (χ4v) is 3.09. The molecule has 1 radical (unpaired) electrons. The Morgan fingerprint density at radius 3 is 2.26 bits per heavy atom. The topological polar surface area (TPSA) is 26.3 Å². The molecule has 0 saturated heterocycles. The fraction of sp³-hybridized carbons (Fsp3) is 0.133. The van der Waals surface area contributed by atoms with Gasteiger partial charge in [-0.05, 0) is 49.6 Å². The minimum atomic E-state index is 0.481. The van der Waals surface area contributed by atoms with Gasteiger partial charge in [0.2, 0.25) is 6.29 Å². The van der Waals surface area contributed by atoms with Crippen LogP contribution in [0.3, 0.4) is 0 Å². The van der Waals surface area contributed by atoms with E-state index in [1.807, 2.05) is 24.5 Å². The van der Waals surface area contributed by atoms with E-state index in [1.165, 1.54) is 5.56 Å². The second-order valence-corrected chi connectivity index (χ2v) is 5.66. The third-order valence-corrected chi connectivity index (χ3v) is 3.77. The zero-order valence-electron chi connectivity index (χ0n) is 10.0. The molecule has 97 valence electrons. The maximum atomic E-state index is 10.6. The van der Waals surface area contributed by atoms with E-state index in [0.29, 0.717) is 17.9 Å². The van der Waals surface area contributed by atoms with E-state index in [0.717, 1.165) is 15.4 Å². The summed E-state index contributed by atoms with van der Waals surface area (Å²) in [6.45, 7) is 0.575. The van der Waals surface area contributed by atoms with Crippen LogP contribution in [0.2, 0.25) is 0 Å². The number of ether oxygens (including phenoxy) is 1. The number of halogens is 2. The molecule has 0 saturated carbocycles. The first-order chi connectivity index (χ1) is 9.20. The molecule has 2 aromatic rings. The van der Waals surface area contributed by atoms with Crippen LogP contribution in [0.15, 0.2) is 51.4 Å². The molecule has 2 nitrogen and oxygen atoms in total. The lowest BCUT2D eigenvalue weighted by molar-refractivity contribution is 0.318. The summed E-state index contributed by atoms with van der Waals surface area (Å²) in [5, 5.41) is 0. The Labute approximate surface area is 129 Å². The van der Waals surface area contributed by atoms with Crippen LogP contribution >= 0.6 is 31.9 Å². The van der Waals surface area contributed by atoms with Crippen molar-refractivity contribution in [1.29, 1.82) is 0 Å². The molecular formula is C15H11Br2O2. The molecular weight excluding hydrogens is 372 g/mol. The van der Waals surface area contributed by atoms with Crippen LogP contribution in [0.25, 0.3) is 0 Å². The summed E-state index contributed by atoms with van der Waals surface area (Å²) in [7, 11) is 0. The van der Waals surface area contributed by atoms with Gasteiger partial charge in [0.15, 0.2) is 0 Å². The van der Waals surface area contributed by atoms with E-state index in [-0.39, 0.29) is 0 Å². The second kappa shape index (κ2) is 6.87. The van der Waals surface area contributed by atoms with Gasteiger partial charge in [-0.3, -0.25) is 4.79 Å². The monoisotopic (exact) mass is 381 g/mol. The first-order valence-electron chi connectivity index (χ1n) is 5.74. The van der Waals surface area contributed by atoms with Crippen molar-refractivity contribution in [3.63, 3.8) is 0 Å². The molecule has 4 heteroatoms. The molecule has 0 spiro atoms. The highest BCUT2D eigenvalue weighted by molar-refractivity contribution is 9.11. The van der Waals surface area contributed by atoms with Crippen molar-refractivity contribution in [2.75, 3.05) is 6.61 Å². The number of benzene rings is 2. The van der Waals surface area contributed by atoms with Gasteiger partial charge in [0, 0.05) is 12.0 Å². The molecule has 0 amide bonds. The maximum absolute atomic E-state index is 10.6. The molecule has 0 aromatic heterocycles. The smallest absolute Gasteiger partial charge is 0.233 e. The molecule has 0 aliphatic rings. The average molecular weight is 383 g/mol. The summed E-state index contributed by atoms with van der Waals surface area (Å²) < 4.78 is 7.23. The Morgan fingerprint density at radius 2 is 1.68 bits per heavy atom. The normalized spacial score (nSPS) is 10.2. The van der Waals surface area contributed by atoms with Gasteiger partial charge >= 0.3 is 0 Å². The SMILES string of the molecule is O=[C]c1cc(Br)c(OCCc2ccccc2)c(Br)c1. The molecule has 0 atom stereocenters. The zero-order valence-corrected chi connectivity index (χ0v) is 13.2. The standard InChI is InChI=1S/C15H11Br2O2/c16-13-8-12(10-18)9-14(17)15(13)19-7-6-11-4-2-1-3-5-11/h1-5,8-9H,6-7H2. The lowest BCUT2D eigenvalue weighted by Gasteiger charge is -2.10. The lowest BCUT2D eigenvalue weighted by Crippen LogP contribution is -2.02. The highest BCUT2D eigenvalue weighted by Gasteiger charge is 2.09. The van der Waals surface area contributed by atoms with Crippen molar-refractivity contribution >= 4 is 38.1 Å².